The molecule has 0 saturated heterocycles. The normalized spacial score (nSPS) is 14.0. The maximum absolute atomic E-state index is 11.8. The number of carbonyl (C=O) groups is 1. The molecule has 0 spiro atoms. The lowest BCUT2D eigenvalue weighted by atomic mass is 9.83. The number of rotatable bonds is 6. The van der Waals surface area contributed by atoms with Crippen LogP contribution >= 0.6 is 0 Å². The minimum Gasteiger partial charge on any atom is -0.497 e. The topological polar surface area (TPSA) is 71.5 Å². The van der Waals surface area contributed by atoms with E-state index in [0.29, 0.717) is 12.5 Å². The van der Waals surface area contributed by atoms with E-state index in [2.05, 4.69) is 43.2 Å². The molecule has 2 aromatic carbocycles. The number of hydrogen-bond donors (Lipinski definition) is 2. The fourth-order valence-electron chi connectivity index (χ4n) is 3.77. The van der Waals surface area contributed by atoms with Crippen molar-refractivity contribution in [1.29, 1.82) is 0 Å². The van der Waals surface area contributed by atoms with Crippen LogP contribution in [0.3, 0.4) is 0 Å². The third-order valence-electron chi connectivity index (χ3n) is 5.65. The number of fused-ring (bicyclic) bond motifs is 1. The summed E-state index contributed by atoms with van der Waals surface area (Å²) < 4.78 is 5.22. The van der Waals surface area contributed by atoms with Crippen LogP contribution in [0.4, 0.5) is 5.69 Å². The summed E-state index contributed by atoms with van der Waals surface area (Å²) in [6.45, 7) is 7.04. The van der Waals surface area contributed by atoms with Gasteiger partial charge in [-0.3, -0.25) is 0 Å². The minimum absolute atomic E-state index is 0.0596. The van der Waals surface area contributed by atoms with Gasteiger partial charge in [0.05, 0.1) is 12.6 Å². The van der Waals surface area contributed by atoms with Gasteiger partial charge in [0.2, 0.25) is 0 Å². The van der Waals surface area contributed by atoms with E-state index in [1.54, 1.807) is 13.2 Å². The van der Waals surface area contributed by atoms with Crippen LogP contribution in [0.25, 0.3) is 10.9 Å². The van der Waals surface area contributed by atoms with Crippen LogP contribution in [0.1, 0.15) is 66.7 Å². The van der Waals surface area contributed by atoms with E-state index < -0.39 is 5.97 Å². The number of benzene rings is 2. The highest BCUT2D eigenvalue weighted by Crippen LogP contribution is 2.44. The number of aromatic carboxylic acids is 1. The summed E-state index contributed by atoms with van der Waals surface area (Å²) in [6.07, 6.45) is 2.43. The molecule has 2 N–H and O–H groups in total. The second-order valence-electron chi connectivity index (χ2n) is 9.05. The van der Waals surface area contributed by atoms with Crippen molar-refractivity contribution in [3.63, 3.8) is 0 Å². The average Bonchev–Trinajstić information content (AvgIpc) is 3.56. The number of pyridine rings is 1. The SMILES string of the molecule is COc1ccc(CNc2cc(C(=O)O)nc3c(C(C)(C)C)cc(C4CC4)cc23)cc1. The quantitative estimate of drug-likeness (QED) is 0.549. The van der Waals surface area contributed by atoms with Crippen molar-refractivity contribution < 1.29 is 14.6 Å². The Morgan fingerprint density at radius 2 is 1.87 bits per heavy atom. The summed E-state index contributed by atoms with van der Waals surface area (Å²) in [5.41, 5.74) is 5.00. The summed E-state index contributed by atoms with van der Waals surface area (Å²) in [6, 6.07) is 13.9. The van der Waals surface area contributed by atoms with Gasteiger partial charge in [0.1, 0.15) is 5.75 Å². The van der Waals surface area contributed by atoms with E-state index in [1.807, 2.05) is 24.3 Å². The molecule has 156 valence electrons. The maximum atomic E-state index is 11.8. The van der Waals surface area contributed by atoms with Crippen molar-refractivity contribution in [2.45, 2.75) is 51.5 Å². The number of anilines is 1. The molecule has 0 amide bonds. The Bertz CT molecular complexity index is 1090. The maximum Gasteiger partial charge on any atom is 0.354 e. The molecule has 3 aromatic rings. The second kappa shape index (κ2) is 7.63. The summed E-state index contributed by atoms with van der Waals surface area (Å²) in [4.78, 5) is 16.3. The van der Waals surface area contributed by atoms with E-state index in [1.165, 1.54) is 18.4 Å². The van der Waals surface area contributed by atoms with Crippen LogP contribution in [-0.4, -0.2) is 23.2 Å². The van der Waals surface area contributed by atoms with E-state index in [9.17, 15) is 9.90 Å². The van der Waals surface area contributed by atoms with Gasteiger partial charge in [0, 0.05) is 17.6 Å². The molecule has 0 aliphatic heterocycles. The first-order chi connectivity index (χ1) is 14.3. The van der Waals surface area contributed by atoms with Crippen LogP contribution in [0.2, 0.25) is 0 Å². The van der Waals surface area contributed by atoms with Crippen molar-refractivity contribution in [3.05, 3.63) is 64.8 Å². The Hall–Kier alpha value is -3.08. The number of nitrogens with zero attached hydrogens (tertiary/aromatic N) is 1. The molecule has 5 heteroatoms. The van der Waals surface area contributed by atoms with Gasteiger partial charge in [-0.05, 0) is 65.1 Å². The summed E-state index contributed by atoms with van der Waals surface area (Å²) in [7, 11) is 1.65. The Kier molecular flexibility index (Phi) is 5.14. The third-order valence-corrected chi connectivity index (χ3v) is 5.65. The van der Waals surface area contributed by atoms with Gasteiger partial charge in [0.15, 0.2) is 5.69 Å². The fraction of sp³-hybridized carbons (Fsp3) is 0.360. The number of hydrogen-bond acceptors (Lipinski definition) is 4. The molecule has 0 bridgehead atoms. The molecule has 1 aliphatic carbocycles. The molecular formula is C25H28N2O3. The molecule has 4 rings (SSSR count). The standard InChI is InChI=1S/C25H28N2O3/c1-25(2,3)20-12-17(16-7-8-16)11-19-21(13-22(24(28)29)27-23(19)20)26-14-15-5-9-18(30-4)10-6-15/h5-6,9-13,16H,7-8,14H2,1-4H3,(H,26,27)(H,28,29). The summed E-state index contributed by atoms with van der Waals surface area (Å²) in [5.74, 6) is 0.393. The minimum atomic E-state index is -1.02. The molecule has 1 saturated carbocycles. The summed E-state index contributed by atoms with van der Waals surface area (Å²) in [5, 5.41) is 14.1. The Labute approximate surface area is 177 Å². The van der Waals surface area contributed by atoms with Gasteiger partial charge < -0.3 is 15.2 Å². The molecule has 1 aromatic heterocycles. The zero-order chi connectivity index (χ0) is 21.5. The van der Waals surface area contributed by atoms with Gasteiger partial charge in [-0.2, -0.15) is 0 Å². The van der Waals surface area contributed by atoms with E-state index in [-0.39, 0.29) is 11.1 Å². The molecule has 30 heavy (non-hydrogen) atoms. The monoisotopic (exact) mass is 404 g/mol. The molecule has 1 aliphatic rings. The van der Waals surface area contributed by atoms with Crippen LogP contribution in [0, 0.1) is 0 Å². The lowest BCUT2D eigenvalue weighted by Gasteiger charge is -2.23. The number of carboxylic acids is 1. The van der Waals surface area contributed by atoms with Gasteiger partial charge in [-0.15, -0.1) is 0 Å². The lowest BCUT2D eigenvalue weighted by molar-refractivity contribution is 0.0691. The van der Waals surface area contributed by atoms with Gasteiger partial charge in [0.25, 0.3) is 0 Å². The van der Waals surface area contributed by atoms with Crippen molar-refractivity contribution in [2.75, 3.05) is 12.4 Å². The van der Waals surface area contributed by atoms with Crippen LogP contribution in [-0.2, 0) is 12.0 Å². The molecular weight excluding hydrogens is 376 g/mol. The van der Waals surface area contributed by atoms with E-state index in [4.69, 9.17) is 4.74 Å². The lowest BCUT2D eigenvalue weighted by Crippen LogP contribution is -2.15. The third kappa shape index (κ3) is 4.11. The first kappa shape index (κ1) is 20.2. The van der Waals surface area contributed by atoms with E-state index >= 15 is 0 Å². The average molecular weight is 405 g/mol. The van der Waals surface area contributed by atoms with E-state index in [0.717, 1.165) is 33.5 Å². The predicted molar refractivity (Wildman–Crippen MR) is 120 cm³/mol. The number of methoxy groups -OCH3 is 1. The van der Waals surface area contributed by atoms with Crippen LogP contribution in [0.15, 0.2) is 42.5 Å². The second-order valence-corrected chi connectivity index (χ2v) is 9.05. The highest BCUT2D eigenvalue weighted by molar-refractivity contribution is 5.99. The summed E-state index contributed by atoms with van der Waals surface area (Å²) >= 11 is 0. The van der Waals surface area contributed by atoms with Crippen molar-refractivity contribution in [2.24, 2.45) is 0 Å². The van der Waals surface area contributed by atoms with Crippen LogP contribution in [0.5, 0.6) is 5.75 Å². The van der Waals surface area contributed by atoms with Crippen LogP contribution < -0.4 is 10.1 Å². The molecule has 1 fully saturated rings. The first-order valence-electron chi connectivity index (χ1n) is 10.4. The highest BCUT2D eigenvalue weighted by Gasteiger charge is 2.28. The smallest absolute Gasteiger partial charge is 0.354 e. The Morgan fingerprint density at radius 3 is 2.43 bits per heavy atom. The Balaban J connectivity index is 1.81. The molecule has 0 radical (unpaired) electrons. The van der Waals surface area contributed by atoms with Gasteiger partial charge in [-0.1, -0.05) is 39.0 Å². The van der Waals surface area contributed by atoms with Gasteiger partial charge >= 0.3 is 5.97 Å². The zero-order valence-electron chi connectivity index (χ0n) is 18.0. The first-order valence-corrected chi connectivity index (χ1v) is 10.4. The highest BCUT2D eigenvalue weighted by atomic mass is 16.5. The number of nitrogens with one attached hydrogen (secondary N) is 1. The van der Waals surface area contributed by atoms with Crippen molar-refractivity contribution in [1.82, 2.24) is 4.98 Å². The van der Waals surface area contributed by atoms with Crippen molar-refractivity contribution >= 4 is 22.6 Å². The molecule has 0 atom stereocenters. The number of aromatic nitrogens is 1. The van der Waals surface area contributed by atoms with Gasteiger partial charge in [-0.25, -0.2) is 9.78 Å². The zero-order valence-corrected chi connectivity index (χ0v) is 18.0. The predicted octanol–water partition coefficient (Wildman–Crippen LogP) is 5.73. The molecule has 5 nitrogen and oxygen atoms in total. The molecule has 0 unspecified atom stereocenters. The fourth-order valence-corrected chi connectivity index (χ4v) is 3.77. The number of ether oxygens (including phenoxy) is 1. The van der Waals surface area contributed by atoms with Crippen molar-refractivity contribution in [3.8, 4) is 5.75 Å². The molecule has 1 heterocycles. The number of carboxylic acid groups (broad SMARTS) is 1. The Morgan fingerprint density at radius 1 is 1.17 bits per heavy atom. The largest absolute Gasteiger partial charge is 0.497 e.